The molecule has 14 heavy (non-hydrogen) atoms. The summed E-state index contributed by atoms with van der Waals surface area (Å²) in [5, 5.41) is 0. The first-order valence-corrected chi connectivity index (χ1v) is 6.66. The zero-order chi connectivity index (χ0) is 10.3. The third-order valence-electron chi connectivity index (χ3n) is 5.29. The molecule has 0 heteroatoms. The Balaban J connectivity index is 1.95. The molecule has 0 N–H and O–H groups in total. The van der Waals surface area contributed by atoms with Crippen LogP contribution in [0.4, 0.5) is 0 Å². The van der Waals surface area contributed by atoms with Crippen LogP contribution in [-0.4, -0.2) is 0 Å². The first-order valence-electron chi connectivity index (χ1n) is 6.66. The van der Waals surface area contributed by atoms with Gasteiger partial charge in [0, 0.05) is 0 Å². The van der Waals surface area contributed by atoms with Crippen LogP contribution in [0.2, 0.25) is 0 Å². The molecular formula is C14H26. The van der Waals surface area contributed by atoms with Crippen molar-refractivity contribution < 1.29 is 0 Å². The van der Waals surface area contributed by atoms with Crippen LogP contribution in [-0.2, 0) is 0 Å². The van der Waals surface area contributed by atoms with Gasteiger partial charge in [-0.25, -0.2) is 0 Å². The molecule has 0 aliphatic heterocycles. The zero-order valence-electron chi connectivity index (χ0n) is 10.3. The molecule has 0 bridgehead atoms. The van der Waals surface area contributed by atoms with Gasteiger partial charge in [-0.05, 0) is 41.9 Å². The molecule has 0 heterocycles. The minimum atomic E-state index is 1.02. The highest BCUT2D eigenvalue weighted by Crippen LogP contribution is 2.60. The van der Waals surface area contributed by atoms with Crippen LogP contribution in [0, 0.1) is 35.5 Å². The molecule has 0 amide bonds. The highest BCUT2D eigenvalue weighted by Gasteiger charge is 2.54. The SMILES string of the molecule is CCCCC1CC(C)C2C(C)C(C)C12. The van der Waals surface area contributed by atoms with Crippen LogP contribution in [0.25, 0.3) is 0 Å². The largest absolute Gasteiger partial charge is 0.0654 e. The second-order valence-corrected chi connectivity index (χ2v) is 5.99. The van der Waals surface area contributed by atoms with E-state index >= 15 is 0 Å². The van der Waals surface area contributed by atoms with E-state index in [1.165, 1.54) is 25.7 Å². The van der Waals surface area contributed by atoms with E-state index < -0.39 is 0 Å². The Hall–Kier alpha value is 0. The first kappa shape index (κ1) is 10.5. The molecule has 2 aliphatic rings. The summed E-state index contributed by atoms with van der Waals surface area (Å²) in [5.41, 5.74) is 0. The maximum atomic E-state index is 2.49. The molecule has 0 spiro atoms. The second-order valence-electron chi connectivity index (χ2n) is 5.99. The fraction of sp³-hybridized carbons (Fsp3) is 1.00. The predicted octanol–water partition coefficient (Wildman–Crippen LogP) is 4.35. The van der Waals surface area contributed by atoms with Gasteiger partial charge < -0.3 is 0 Å². The maximum Gasteiger partial charge on any atom is -0.0324 e. The Kier molecular flexibility index (Phi) is 2.91. The van der Waals surface area contributed by atoms with Crippen molar-refractivity contribution in [2.75, 3.05) is 0 Å². The van der Waals surface area contributed by atoms with Crippen LogP contribution < -0.4 is 0 Å². The molecule has 0 aromatic rings. The Morgan fingerprint density at radius 3 is 2.29 bits per heavy atom. The topological polar surface area (TPSA) is 0 Å². The number of rotatable bonds is 3. The molecule has 2 fully saturated rings. The number of fused-ring (bicyclic) bond motifs is 1. The smallest absolute Gasteiger partial charge is 0.0324 e. The molecule has 2 rings (SSSR count). The minimum Gasteiger partial charge on any atom is -0.0654 e. The second kappa shape index (κ2) is 3.87. The summed E-state index contributed by atoms with van der Waals surface area (Å²) >= 11 is 0. The van der Waals surface area contributed by atoms with E-state index in [0.717, 1.165) is 35.5 Å². The highest BCUT2D eigenvalue weighted by atomic mass is 14.6. The van der Waals surface area contributed by atoms with Crippen molar-refractivity contribution >= 4 is 0 Å². The van der Waals surface area contributed by atoms with Gasteiger partial charge in [0.1, 0.15) is 0 Å². The van der Waals surface area contributed by atoms with Gasteiger partial charge >= 0.3 is 0 Å². The standard InChI is InChI=1S/C14H26/c1-5-6-7-12-8-9(2)13-10(3)11(4)14(12)13/h9-14H,5-8H2,1-4H3. The van der Waals surface area contributed by atoms with E-state index in [1.54, 1.807) is 0 Å². The highest BCUT2D eigenvalue weighted by molar-refractivity contribution is 5.03. The van der Waals surface area contributed by atoms with Gasteiger partial charge in [-0.15, -0.1) is 0 Å². The van der Waals surface area contributed by atoms with Crippen molar-refractivity contribution in [1.82, 2.24) is 0 Å². The van der Waals surface area contributed by atoms with Crippen LogP contribution in [0.1, 0.15) is 53.4 Å². The molecule has 2 aliphatic carbocycles. The molecule has 0 aromatic heterocycles. The van der Waals surface area contributed by atoms with E-state index in [0.29, 0.717) is 0 Å². The lowest BCUT2D eigenvalue weighted by molar-refractivity contribution is -0.0150. The summed E-state index contributed by atoms with van der Waals surface area (Å²) in [6, 6.07) is 0. The fourth-order valence-electron chi connectivity index (χ4n) is 4.47. The maximum absolute atomic E-state index is 2.49. The molecule has 2 saturated carbocycles. The van der Waals surface area contributed by atoms with Crippen LogP contribution in [0.5, 0.6) is 0 Å². The van der Waals surface area contributed by atoms with Crippen molar-refractivity contribution in [3.8, 4) is 0 Å². The third kappa shape index (κ3) is 1.42. The van der Waals surface area contributed by atoms with E-state index in [1.807, 2.05) is 0 Å². The average Bonchev–Trinajstić information content (AvgIpc) is 2.48. The summed E-state index contributed by atoms with van der Waals surface area (Å²) in [6.07, 6.45) is 5.89. The van der Waals surface area contributed by atoms with Crippen LogP contribution >= 0.6 is 0 Å². The van der Waals surface area contributed by atoms with Gasteiger partial charge in [-0.3, -0.25) is 0 Å². The Labute approximate surface area is 89.5 Å². The van der Waals surface area contributed by atoms with Crippen LogP contribution in [0.15, 0.2) is 0 Å². The van der Waals surface area contributed by atoms with Crippen molar-refractivity contribution in [2.45, 2.75) is 53.4 Å². The molecule has 0 nitrogen and oxygen atoms in total. The summed E-state index contributed by atoms with van der Waals surface area (Å²) < 4.78 is 0. The Morgan fingerprint density at radius 1 is 1.00 bits per heavy atom. The summed E-state index contributed by atoms with van der Waals surface area (Å²) in [4.78, 5) is 0. The van der Waals surface area contributed by atoms with E-state index in [4.69, 9.17) is 0 Å². The van der Waals surface area contributed by atoms with Gasteiger partial charge in [0.15, 0.2) is 0 Å². The van der Waals surface area contributed by atoms with Gasteiger partial charge in [-0.2, -0.15) is 0 Å². The first-order chi connectivity index (χ1) is 6.66. The van der Waals surface area contributed by atoms with Crippen molar-refractivity contribution in [3.05, 3.63) is 0 Å². The molecule has 0 saturated heterocycles. The van der Waals surface area contributed by atoms with E-state index in [9.17, 15) is 0 Å². The molecule has 0 aromatic carbocycles. The minimum absolute atomic E-state index is 1.02. The van der Waals surface area contributed by atoms with Gasteiger partial charge in [0.05, 0.1) is 0 Å². The quantitative estimate of drug-likeness (QED) is 0.626. The normalized spacial score (nSPS) is 51.4. The van der Waals surface area contributed by atoms with Gasteiger partial charge in [0.2, 0.25) is 0 Å². The van der Waals surface area contributed by atoms with Crippen molar-refractivity contribution in [2.24, 2.45) is 35.5 Å². The average molecular weight is 194 g/mol. The van der Waals surface area contributed by atoms with E-state index in [-0.39, 0.29) is 0 Å². The predicted molar refractivity (Wildman–Crippen MR) is 62.1 cm³/mol. The Bertz CT molecular complexity index is 196. The molecular weight excluding hydrogens is 168 g/mol. The fourth-order valence-corrected chi connectivity index (χ4v) is 4.47. The van der Waals surface area contributed by atoms with Gasteiger partial charge in [-0.1, -0.05) is 47.0 Å². The van der Waals surface area contributed by atoms with Crippen molar-refractivity contribution in [1.29, 1.82) is 0 Å². The lowest BCUT2D eigenvalue weighted by Crippen LogP contribution is -2.44. The summed E-state index contributed by atoms with van der Waals surface area (Å²) in [5.74, 6) is 6.33. The lowest BCUT2D eigenvalue weighted by atomic mass is 9.56. The van der Waals surface area contributed by atoms with Crippen molar-refractivity contribution in [3.63, 3.8) is 0 Å². The summed E-state index contributed by atoms with van der Waals surface area (Å²) in [7, 11) is 0. The number of hydrogen-bond acceptors (Lipinski definition) is 0. The molecule has 6 unspecified atom stereocenters. The number of hydrogen-bond donors (Lipinski definition) is 0. The molecule has 6 atom stereocenters. The third-order valence-corrected chi connectivity index (χ3v) is 5.29. The lowest BCUT2D eigenvalue weighted by Gasteiger charge is -2.49. The summed E-state index contributed by atoms with van der Waals surface area (Å²) in [6.45, 7) is 9.78. The monoisotopic (exact) mass is 194 g/mol. The zero-order valence-corrected chi connectivity index (χ0v) is 10.3. The molecule has 82 valence electrons. The van der Waals surface area contributed by atoms with E-state index in [2.05, 4.69) is 27.7 Å². The Morgan fingerprint density at radius 2 is 1.64 bits per heavy atom. The molecule has 0 radical (unpaired) electrons. The van der Waals surface area contributed by atoms with Gasteiger partial charge in [0.25, 0.3) is 0 Å². The number of unbranched alkanes of at least 4 members (excludes halogenated alkanes) is 1. The van der Waals surface area contributed by atoms with Crippen LogP contribution in [0.3, 0.4) is 0 Å².